The van der Waals surface area contributed by atoms with Crippen molar-refractivity contribution in [3.63, 3.8) is 0 Å². The maximum atomic E-state index is 12.1. The largest absolute Gasteiger partial charge is 0.369 e. The summed E-state index contributed by atoms with van der Waals surface area (Å²) in [5.41, 5.74) is 3.78. The van der Waals surface area contributed by atoms with Gasteiger partial charge in [-0.3, -0.25) is 9.69 Å². The molecule has 1 saturated heterocycles. The van der Waals surface area contributed by atoms with E-state index in [0.717, 1.165) is 58.5 Å². The van der Waals surface area contributed by atoms with Crippen LogP contribution in [0.2, 0.25) is 0 Å². The molecule has 0 saturated carbocycles. The first kappa shape index (κ1) is 20.5. The van der Waals surface area contributed by atoms with Gasteiger partial charge in [0.25, 0.3) is 0 Å². The van der Waals surface area contributed by atoms with Crippen molar-refractivity contribution in [3.8, 4) is 0 Å². The molecule has 1 fully saturated rings. The van der Waals surface area contributed by atoms with Crippen LogP contribution in [0.3, 0.4) is 0 Å². The van der Waals surface area contributed by atoms with Crippen LogP contribution in [0.15, 0.2) is 60.8 Å². The molecule has 0 radical (unpaired) electrons. The summed E-state index contributed by atoms with van der Waals surface area (Å²) in [6, 6.07) is 19.0. The van der Waals surface area contributed by atoms with E-state index in [1.54, 1.807) is 0 Å². The minimum Gasteiger partial charge on any atom is -0.369 e. The molecular weight excluding hydrogens is 372 g/mol. The van der Waals surface area contributed by atoms with E-state index < -0.39 is 0 Å². The fraction of sp³-hybridized carbons (Fsp3) is 0.400. The monoisotopic (exact) mass is 404 g/mol. The summed E-state index contributed by atoms with van der Waals surface area (Å²) in [6.07, 6.45) is 5.49. The summed E-state index contributed by atoms with van der Waals surface area (Å²) in [6.45, 7) is 6.15. The molecule has 2 heterocycles. The molecular formula is C25H32N4O. The topological polar surface area (TPSA) is 51.4 Å². The van der Waals surface area contributed by atoms with Gasteiger partial charge in [0.15, 0.2) is 0 Å². The van der Waals surface area contributed by atoms with Gasteiger partial charge < -0.3 is 15.2 Å². The number of carbonyl (C=O) groups excluding carboxylic acids is 1. The molecule has 4 rings (SSSR count). The van der Waals surface area contributed by atoms with Gasteiger partial charge in [-0.15, -0.1) is 0 Å². The predicted molar refractivity (Wildman–Crippen MR) is 124 cm³/mol. The second-order valence-electron chi connectivity index (χ2n) is 8.08. The second kappa shape index (κ2) is 10.3. The van der Waals surface area contributed by atoms with Gasteiger partial charge >= 0.3 is 0 Å². The number of amides is 1. The van der Waals surface area contributed by atoms with Gasteiger partial charge in [0.05, 0.1) is 0 Å². The molecule has 5 nitrogen and oxygen atoms in total. The lowest BCUT2D eigenvalue weighted by Crippen LogP contribution is -2.47. The fourth-order valence-corrected chi connectivity index (χ4v) is 4.27. The zero-order valence-corrected chi connectivity index (χ0v) is 17.6. The van der Waals surface area contributed by atoms with Crippen LogP contribution < -0.4 is 10.2 Å². The molecule has 3 aromatic rings. The molecule has 0 atom stereocenters. The highest BCUT2D eigenvalue weighted by atomic mass is 16.1. The molecule has 2 N–H and O–H groups in total. The van der Waals surface area contributed by atoms with E-state index in [4.69, 9.17) is 0 Å². The first-order valence-electron chi connectivity index (χ1n) is 11.1. The number of piperazine rings is 1. The van der Waals surface area contributed by atoms with E-state index in [1.165, 1.54) is 22.2 Å². The molecule has 158 valence electrons. The van der Waals surface area contributed by atoms with Gasteiger partial charge in [0, 0.05) is 61.9 Å². The number of para-hydroxylation sites is 2. The average molecular weight is 405 g/mol. The lowest BCUT2D eigenvalue weighted by Gasteiger charge is -2.36. The Labute approximate surface area is 179 Å². The van der Waals surface area contributed by atoms with E-state index >= 15 is 0 Å². The van der Waals surface area contributed by atoms with Gasteiger partial charge in [0.1, 0.15) is 0 Å². The van der Waals surface area contributed by atoms with Gasteiger partial charge in [-0.2, -0.15) is 0 Å². The second-order valence-corrected chi connectivity index (χ2v) is 8.08. The Kier molecular flexibility index (Phi) is 7.03. The van der Waals surface area contributed by atoms with E-state index in [0.29, 0.717) is 6.42 Å². The number of aromatic nitrogens is 1. The highest BCUT2D eigenvalue weighted by molar-refractivity contribution is 5.83. The van der Waals surface area contributed by atoms with Gasteiger partial charge in [0.2, 0.25) is 5.91 Å². The zero-order valence-electron chi connectivity index (χ0n) is 17.6. The fourth-order valence-electron chi connectivity index (χ4n) is 4.27. The van der Waals surface area contributed by atoms with Crippen molar-refractivity contribution < 1.29 is 4.79 Å². The third-order valence-electron chi connectivity index (χ3n) is 5.99. The van der Waals surface area contributed by atoms with Crippen molar-refractivity contribution in [2.45, 2.75) is 25.7 Å². The van der Waals surface area contributed by atoms with Crippen LogP contribution in [0, 0.1) is 0 Å². The molecule has 1 amide bonds. The van der Waals surface area contributed by atoms with Crippen LogP contribution in [0.5, 0.6) is 0 Å². The Morgan fingerprint density at radius 3 is 2.53 bits per heavy atom. The Hall–Kier alpha value is -2.79. The quantitative estimate of drug-likeness (QED) is 0.533. The molecule has 30 heavy (non-hydrogen) atoms. The van der Waals surface area contributed by atoms with Crippen LogP contribution in [0.1, 0.15) is 24.8 Å². The maximum absolute atomic E-state index is 12.1. The molecule has 0 unspecified atom stereocenters. The molecule has 1 aromatic heterocycles. The average Bonchev–Trinajstić information content (AvgIpc) is 3.21. The standard InChI is InChI=1S/C25H32N4O/c30-25(13-6-8-21-20-27-24-12-5-4-11-23(21)24)26-14-7-15-28-16-18-29(19-17-28)22-9-2-1-3-10-22/h1-5,9-12,20,27H,6-8,13-19H2,(H,26,30). The van der Waals surface area contributed by atoms with Crippen LogP contribution >= 0.6 is 0 Å². The first-order chi connectivity index (χ1) is 14.8. The lowest BCUT2D eigenvalue weighted by atomic mass is 10.1. The number of H-pyrrole nitrogens is 1. The van der Waals surface area contributed by atoms with Gasteiger partial charge in [-0.25, -0.2) is 0 Å². The molecule has 2 aromatic carbocycles. The van der Waals surface area contributed by atoms with E-state index in [1.807, 2.05) is 6.07 Å². The summed E-state index contributed by atoms with van der Waals surface area (Å²) in [5.74, 6) is 0.170. The maximum Gasteiger partial charge on any atom is 0.220 e. The Balaban J connectivity index is 1.08. The predicted octanol–water partition coefficient (Wildman–Crippen LogP) is 3.82. The first-order valence-corrected chi connectivity index (χ1v) is 11.1. The smallest absolute Gasteiger partial charge is 0.220 e. The number of anilines is 1. The van der Waals surface area contributed by atoms with Crippen LogP contribution in [-0.4, -0.2) is 55.1 Å². The Morgan fingerprint density at radius 2 is 1.70 bits per heavy atom. The number of rotatable bonds is 9. The molecule has 0 aliphatic carbocycles. The highest BCUT2D eigenvalue weighted by Gasteiger charge is 2.16. The van der Waals surface area contributed by atoms with Crippen molar-refractivity contribution in [2.75, 3.05) is 44.2 Å². The van der Waals surface area contributed by atoms with Crippen LogP contribution in [-0.2, 0) is 11.2 Å². The number of benzene rings is 2. The van der Waals surface area contributed by atoms with Crippen LogP contribution in [0.4, 0.5) is 5.69 Å². The zero-order chi connectivity index (χ0) is 20.6. The molecule has 1 aliphatic rings. The lowest BCUT2D eigenvalue weighted by molar-refractivity contribution is -0.121. The summed E-state index contributed by atoms with van der Waals surface area (Å²) >= 11 is 0. The number of nitrogens with one attached hydrogen (secondary N) is 2. The SMILES string of the molecule is O=C(CCCc1c[nH]c2ccccc12)NCCCN1CCN(c2ccccc2)CC1. The summed E-state index contributed by atoms with van der Waals surface area (Å²) < 4.78 is 0. The number of aromatic amines is 1. The van der Waals surface area contributed by atoms with Gasteiger partial charge in [-0.05, 0) is 49.6 Å². The number of hydrogen-bond donors (Lipinski definition) is 2. The van der Waals surface area contributed by atoms with Gasteiger partial charge in [-0.1, -0.05) is 36.4 Å². The normalized spacial score (nSPS) is 14.9. The Morgan fingerprint density at radius 1 is 0.933 bits per heavy atom. The number of aryl methyl sites for hydroxylation is 1. The van der Waals surface area contributed by atoms with Crippen LogP contribution in [0.25, 0.3) is 10.9 Å². The third-order valence-corrected chi connectivity index (χ3v) is 5.99. The van der Waals surface area contributed by atoms with Crippen molar-refractivity contribution in [2.24, 2.45) is 0 Å². The summed E-state index contributed by atoms with van der Waals surface area (Å²) in [4.78, 5) is 20.4. The molecule has 1 aliphatic heterocycles. The molecule has 0 spiro atoms. The third kappa shape index (κ3) is 5.42. The summed E-state index contributed by atoms with van der Waals surface area (Å²) in [7, 11) is 0. The minimum atomic E-state index is 0.170. The number of carbonyl (C=O) groups is 1. The van der Waals surface area contributed by atoms with E-state index in [2.05, 4.69) is 74.8 Å². The van der Waals surface area contributed by atoms with E-state index in [9.17, 15) is 4.79 Å². The highest BCUT2D eigenvalue weighted by Crippen LogP contribution is 2.19. The minimum absolute atomic E-state index is 0.170. The Bertz CT molecular complexity index is 928. The number of hydrogen-bond acceptors (Lipinski definition) is 3. The molecule has 5 heteroatoms. The number of nitrogens with zero attached hydrogens (tertiary/aromatic N) is 2. The van der Waals surface area contributed by atoms with E-state index in [-0.39, 0.29) is 5.91 Å². The summed E-state index contributed by atoms with van der Waals surface area (Å²) in [5, 5.41) is 4.36. The van der Waals surface area contributed by atoms with Crippen molar-refractivity contribution in [1.82, 2.24) is 15.2 Å². The molecule has 0 bridgehead atoms. The van der Waals surface area contributed by atoms with Crippen molar-refractivity contribution in [3.05, 3.63) is 66.4 Å². The number of fused-ring (bicyclic) bond motifs is 1. The van der Waals surface area contributed by atoms with Crippen molar-refractivity contribution in [1.29, 1.82) is 0 Å². The van der Waals surface area contributed by atoms with Crippen molar-refractivity contribution >= 4 is 22.5 Å².